The smallest absolute Gasteiger partial charge is 0.340 e. The molecule has 0 amide bonds. The largest absolute Gasteiger partial charge is 0.504 e. The van der Waals surface area contributed by atoms with Gasteiger partial charge in [0.15, 0.2) is 11.5 Å². The maximum Gasteiger partial charge on any atom is 0.340 e. The van der Waals surface area contributed by atoms with E-state index in [1.54, 1.807) is 0 Å². The van der Waals surface area contributed by atoms with Crippen LogP contribution >= 0.6 is 0 Å². The van der Waals surface area contributed by atoms with E-state index in [9.17, 15) is 20.1 Å². The van der Waals surface area contributed by atoms with E-state index in [0.29, 0.717) is 31.6 Å². The first-order valence-electron chi connectivity index (χ1n) is 8.59. The van der Waals surface area contributed by atoms with Crippen LogP contribution in [0.5, 0.6) is 23.0 Å². The zero-order chi connectivity index (χ0) is 18.1. The summed E-state index contributed by atoms with van der Waals surface area (Å²) in [5.41, 5.74) is 0.0478. The Morgan fingerprint density at radius 3 is 1.88 bits per heavy atom. The molecule has 0 fully saturated rings. The Hall–Kier alpha value is -2.11. The highest BCUT2D eigenvalue weighted by Gasteiger charge is 2.29. The molecule has 1 aromatic rings. The summed E-state index contributed by atoms with van der Waals surface area (Å²) < 4.78 is 11.4. The van der Waals surface area contributed by atoms with Gasteiger partial charge in [0.2, 0.25) is 11.5 Å². The Kier molecular flexibility index (Phi) is 8.22. The predicted molar refractivity (Wildman–Crippen MR) is 91.5 cm³/mol. The van der Waals surface area contributed by atoms with Gasteiger partial charge < -0.3 is 24.8 Å². The molecule has 0 radical (unpaired) electrons. The fraction of sp³-hybridized carbons (Fsp3) is 0.611. The van der Waals surface area contributed by atoms with E-state index in [1.807, 2.05) is 20.8 Å². The van der Waals surface area contributed by atoms with Crippen molar-refractivity contribution in [1.29, 1.82) is 0 Å². The first-order valence-corrected chi connectivity index (χ1v) is 8.59. The van der Waals surface area contributed by atoms with Gasteiger partial charge in [0.25, 0.3) is 0 Å². The molecule has 0 saturated heterocycles. The summed E-state index contributed by atoms with van der Waals surface area (Å²) >= 11 is 0. The summed E-state index contributed by atoms with van der Waals surface area (Å²) in [5, 5.41) is 29.8. The van der Waals surface area contributed by atoms with Gasteiger partial charge in [-0.05, 0) is 19.3 Å². The fourth-order valence-corrected chi connectivity index (χ4v) is 2.37. The van der Waals surface area contributed by atoms with Crippen LogP contribution in [0.2, 0.25) is 0 Å². The Morgan fingerprint density at radius 1 is 0.875 bits per heavy atom. The molecule has 0 aliphatic carbocycles. The second kappa shape index (κ2) is 9.90. The molecule has 24 heavy (non-hydrogen) atoms. The van der Waals surface area contributed by atoms with E-state index in [-0.39, 0.29) is 17.1 Å². The van der Waals surface area contributed by atoms with Crippen molar-refractivity contribution in [2.45, 2.75) is 59.3 Å². The van der Waals surface area contributed by atoms with Crippen LogP contribution < -0.4 is 9.47 Å². The molecule has 0 saturated carbocycles. The van der Waals surface area contributed by atoms with E-state index in [0.717, 1.165) is 25.7 Å². The average Bonchev–Trinajstić information content (AvgIpc) is 2.54. The highest BCUT2D eigenvalue weighted by atomic mass is 16.5. The van der Waals surface area contributed by atoms with Crippen LogP contribution in [0.3, 0.4) is 0 Å². The third kappa shape index (κ3) is 4.69. The number of phenolic OH excluding ortho intramolecular Hbond substituents is 1. The van der Waals surface area contributed by atoms with Gasteiger partial charge in [0.1, 0.15) is 5.56 Å². The standard InChI is InChI=1S/C18H28O6/c1-4-7-10-23-16-12(9-6-3)13(18(21)22)14(19)15(20)17(16)24-11-8-5-2/h19-20H,4-11H2,1-3H3,(H,21,22). The number of phenols is 2. The number of aromatic carboxylic acids is 1. The number of hydrogen-bond acceptors (Lipinski definition) is 5. The van der Waals surface area contributed by atoms with Crippen molar-refractivity contribution in [2.24, 2.45) is 0 Å². The summed E-state index contributed by atoms with van der Waals surface area (Å²) in [6, 6.07) is 0. The number of hydrogen-bond donors (Lipinski definition) is 3. The molecule has 0 aromatic heterocycles. The van der Waals surface area contributed by atoms with E-state index in [1.165, 1.54) is 0 Å². The summed E-state index contributed by atoms with van der Waals surface area (Å²) in [7, 11) is 0. The number of ether oxygens (including phenoxy) is 2. The van der Waals surface area contributed by atoms with Crippen LogP contribution in [-0.2, 0) is 6.42 Å². The van der Waals surface area contributed by atoms with E-state index in [2.05, 4.69) is 0 Å². The molecular weight excluding hydrogens is 312 g/mol. The monoisotopic (exact) mass is 340 g/mol. The third-order valence-electron chi connectivity index (χ3n) is 3.66. The summed E-state index contributed by atoms with van der Waals surface area (Å²) in [6.07, 6.45) is 4.48. The Morgan fingerprint density at radius 2 is 1.42 bits per heavy atom. The SMILES string of the molecule is CCCCOc1c(O)c(O)c(C(=O)O)c(CCC)c1OCCCC. The average molecular weight is 340 g/mol. The normalized spacial score (nSPS) is 10.6. The molecule has 3 N–H and O–H groups in total. The van der Waals surface area contributed by atoms with Gasteiger partial charge in [-0.1, -0.05) is 40.0 Å². The lowest BCUT2D eigenvalue weighted by atomic mass is 9.99. The predicted octanol–water partition coefficient (Wildman–Crippen LogP) is 4.11. The molecule has 136 valence electrons. The van der Waals surface area contributed by atoms with Crippen LogP contribution in [0.1, 0.15) is 68.8 Å². The number of rotatable bonds is 11. The topological polar surface area (TPSA) is 96.2 Å². The van der Waals surface area contributed by atoms with Crippen molar-refractivity contribution in [3.63, 3.8) is 0 Å². The molecule has 0 heterocycles. The third-order valence-corrected chi connectivity index (χ3v) is 3.66. The summed E-state index contributed by atoms with van der Waals surface area (Å²) in [6.45, 7) is 6.68. The quantitative estimate of drug-likeness (QED) is 0.414. The van der Waals surface area contributed by atoms with Gasteiger partial charge in [-0.15, -0.1) is 0 Å². The van der Waals surface area contributed by atoms with Gasteiger partial charge >= 0.3 is 5.97 Å². The van der Waals surface area contributed by atoms with Crippen LogP contribution in [0.15, 0.2) is 0 Å². The second-order valence-corrected chi connectivity index (χ2v) is 5.67. The number of carbonyl (C=O) groups is 1. The van der Waals surface area contributed by atoms with E-state index < -0.39 is 17.5 Å². The van der Waals surface area contributed by atoms with Crippen molar-refractivity contribution in [3.8, 4) is 23.0 Å². The Labute approximate surface area is 143 Å². The summed E-state index contributed by atoms with van der Waals surface area (Å²) in [4.78, 5) is 11.6. The molecule has 0 bridgehead atoms. The highest BCUT2D eigenvalue weighted by Crippen LogP contribution is 2.49. The number of unbranched alkanes of at least 4 members (excludes halogenated alkanes) is 2. The van der Waals surface area contributed by atoms with Crippen molar-refractivity contribution >= 4 is 5.97 Å². The van der Waals surface area contributed by atoms with E-state index in [4.69, 9.17) is 9.47 Å². The van der Waals surface area contributed by atoms with Crippen LogP contribution in [0, 0.1) is 0 Å². The van der Waals surface area contributed by atoms with Crippen molar-refractivity contribution < 1.29 is 29.6 Å². The van der Waals surface area contributed by atoms with E-state index >= 15 is 0 Å². The minimum Gasteiger partial charge on any atom is -0.504 e. The molecule has 1 rings (SSSR count). The van der Waals surface area contributed by atoms with Gasteiger partial charge in [0.05, 0.1) is 13.2 Å². The Balaban J connectivity index is 3.43. The number of carboxylic acids is 1. The second-order valence-electron chi connectivity index (χ2n) is 5.67. The molecule has 0 spiro atoms. The number of benzene rings is 1. The highest BCUT2D eigenvalue weighted by molar-refractivity contribution is 5.95. The van der Waals surface area contributed by atoms with Crippen molar-refractivity contribution in [1.82, 2.24) is 0 Å². The van der Waals surface area contributed by atoms with Crippen molar-refractivity contribution in [3.05, 3.63) is 11.1 Å². The number of carboxylic acid groups (broad SMARTS) is 1. The molecular formula is C18H28O6. The minimum atomic E-state index is -1.30. The Bertz CT molecular complexity index is 553. The van der Waals surface area contributed by atoms with Gasteiger partial charge in [-0.3, -0.25) is 0 Å². The first kappa shape index (κ1) is 19.9. The molecule has 0 atom stereocenters. The minimum absolute atomic E-state index is 0.0329. The molecule has 6 nitrogen and oxygen atoms in total. The molecule has 0 unspecified atom stereocenters. The van der Waals surface area contributed by atoms with Crippen LogP contribution in [-0.4, -0.2) is 34.5 Å². The lowest BCUT2D eigenvalue weighted by Gasteiger charge is -2.20. The van der Waals surface area contributed by atoms with Gasteiger partial charge in [0, 0.05) is 5.56 Å². The van der Waals surface area contributed by atoms with Gasteiger partial charge in [-0.25, -0.2) is 4.79 Å². The van der Waals surface area contributed by atoms with Crippen LogP contribution in [0.4, 0.5) is 0 Å². The molecule has 1 aromatic carbocycles. The lowest BCUT2D eigenvalue weighted by molar-refractivity contribution is 0.0690. The van der Waals surface area contributed by atoms with Gasteiger partial charge in [-0.2, -0.15) is 0 Å². The maximum atomic E-state index is 11.6. The number of aromatic hydroxyl groups is 2. The summed E-state index contributed by atoms with van der Waals surface area (Å²) in [5.74, 6) is -2.28. The molecule has 0 aliphatic rings. The van der Waals surface area contributed by atoms with Crippen LogP contribution in [0.25, 0.3) is 0 Å². The first-order chi connectivity index (χ1) is 11.5. The van der Waals surface area contributed by atoms with Crippen molar-refractivity contribution in [2.75, 3.05) is 13.2 Å². The maximum absolute atomic E-state index is 11.6. The zero-order valence-electron chi connectivity index (χ0n) is 14.7. The zero-order valence-corrected chi connectivity index (χ0v) is 14.7. The molecule has 0 aliphatic heterocycles. The molecule has 6 heteroatoms. The lowest BCUT2D eigenvalue weighted by Crippen LogP contribution is -2.10. The fourth-order valence-electron chi connectivity index (χ4n) is 2.37.